The van der Waals surface area contributed by atoms with Crippen molar-refractivity contribution in [3.63, 3.8) is 0 Å². The highest BCUT2D eigenvalue weighted by atomic mass is 35.5. The van der Waals surface area contributed by atoms with E-state index in [9.17, 15) is 18.0 Å². The molecule has 2 rings (SSSR count). The Kier molecular flexibility index (Phi) is 6.81. The van der Waals surface area contributed by atoms with E-state index in [0.717, 1.165) is 16.7 Å². The topological polar surface area (TPSA) is 86.6 Å². The second kappa shape index (κ2) is 8.39. The van der Waals surface area contributed by atoms with E-state index in [-0.39, 0.29) is 0 Å². The van der Waals surface area contributed by atoms with Crippen LogP contribution in [0.25, 0.3) is 11.1 Å². The molecule has 0 atom stereocenters. The molecule has 2 aromatic carbocycles. The molecule has 0 spiro atoms. The largest absolute Gasteiger partial charge is 0.490 e. The van der Waals surface area contributed by atoms with Gasteiger partial charge in [0, 0.05) is 10.6 Å². The van der Waals surface area contributed by atoms with Gasteiger partial charge in [-0.3, -0.25) is 5.32 Å². The number of aryl methyl sites for hydroxylation is 1. The van der Waals surface area contributed by atoms with Crippen molar-refractivity contribution in [3.8, 4) is 11.1 Å². The lowest BCUT2D eigenvalue weighted by Crippen LogP contribution is -2.21. The average molecular weight is 376 g/mol. The lowest BCUT2D eigenvalue weighted by Gasteiger charge is -2.10. The highest BCUT2D eigenvalue weighted by Crippen LogP contribution is 2.30. The molecule has 134 valence electrons. The maximum Gasteiger partial charge on any atom is 0.490 e. The number of carboxylic acids is 1. The van der Waals surface area contributed by atoms with Gasteiger partial charge in [0.15, 0.2) is 0 Å². The number of carboxylic acid groups (broad SMARTS) is 2. The predicted octanol–water partition coefficient (Wildman–Crippen LogP) is 5.04. The van der Waals surface area contributed by atoms with E-state index in [1.54, 1.807) is 18.2 Å². The molecule has 25 heavy (non-hydrogen) atoms. The molecule has 0 aromatic heterocycles. The molecule has 0 bridgehead atoms. The Morgan fingerprint density at radius 1 is 1.08 bits per heavy atom. The number of halogens is 4. The van der Waals surface area contributed by atoms with Crippen LogP contribution in [0.3, 0.4) is 0 Å². The molecule has 2 aromatic rings. The van der Waals surface area contributed by atoms with Gasteiger partial charge in [0.25, 0.3) is 0 Å². The van der Waals surface area contributed by atoms with Crippen LogP contribution in [0, 0.1) is 6.92 Å². The number of rotatable bonds is 2. The first kappa shape index (κ1) is 20.3. The monoisotopic (exact) mass is 375 g/mol. The lowest BCUT2D eigenvalue weighted by molar-refractivity contribution is -0.192. The summed E-state index contributed by atoms with van der Waals surface area (Å²) in [4.78, 5) is 19.7. The second-order valence-electron chi connectivity index (χ2n) is 4.79. The molecule has 0 fully saturated rings. The zero-order valence-corrected chi connectivity index (χ0v) is 13.5. The van der Waals surface area contributed by atoms with E-state index in [1.807, 2.05) is 31.2 Å². The number of hydrogen-bond acceptors (Lipinski definition) is 2. The minimum Gasteiger partial charge on any atom is -0.475 e. The SMILES string of the molecule is Cc1ccc(-c2cccc(Cl)c2)c(NC(=O)O)c1.O=C(O)C(F)(F)F. The van der Waals surface area contributed by atoms with E-state index in [4.69, 9.17) is 26.6 Å². The standard InChI is InChI=1S/C14H12ClNO2.C2HF3O2/c1-9-5-6-12(13(7-9)16-14(17)18)10-3-2-4-11(15)8-10;3-2(4,5)1(6)7/h2-8,16H,1H3,(H,17,18);(H,6,7). The summed E-state index contributed by atoms with van der Waals surface area (Å²) in [5.41, 5.74) is 3.24. The van der Waals surface area contributed by atoms with Gasteiger partial charge in [-0.15, -0.1) is 0 Å². The number of anilines is 1. The van der Waals surface area contributed by atoms with Gasteiger partial charge >= 0.3 is 18.2 Å². The molecule has 0 saturated heterocycles. The van der Waals surface area contributed by atoms with Crippen LogP contribution in [0.2, 0.25) is 5.02 Å². The third-order valence-electron chi connectivity index (χ3n) is 2.79. The van der Waals surface area contributed by atoms with Crippen molar-refractivity contribution in [2.45, 2.75) is 13.1 Å². The first-order chi connectivity index (χ1) is 11.5. The summed E-state index contributed by atoms with van der Waals surface area (Å²) in [6.07, 6.45) is -6.16. The van der Waals surface area contributed by atoms with Gasteiger partial charge in [-0.25, -0.2) is 9.59 Å². The van der Waals surface area contributed by atoms with Crippen molar-refractivity contribution < 1.29 is 33.0 Å². The zero-order chi connectivity index (χ0) is 19.2. The highest BCUT2D eigenvalue weighted by molar-refractivity contribution is 6.30. The fourth-order valence-electron chi connectivity index (χ4n) is 1.78. The van der Waals surface area contributed by atoms with E-state index in [1.165, 1.54) is 0 Å². The first-order valence-electron chi connectivity index (χ1n) is 6.67. The third-order valence-corrected chi connectivity index (χ3v) is 3.03. The molecular weight excluding hydrogens is 363 g/mol. The molecule has 0 heterocycles. The van der Waals surface area contributed by atoms with Gasteiger partial charge in [-0.1, -0.05) is 35.9 Å². The van der Waals surface area contributed by atoms with Crippen LogP contribution in [0.4, 0.5) is 23.7 Å². The highest BCUT2D eigenvalue weighted by Gasteiger charge is 2.38. The van der Waals surface area contributed by atoms with E-state index < -0.39 is 18.2 Å². The van der Waals surface area contributed by atoms with Crippen LogP contribution in [0.15, 0.2) is 42.5 Å². The number of benzene rings is 2. The third kappa shape index (κ3) is 6.72. The van der Waals surface area contributed by atoms with E-state index in [2.05, 4.69) is 5.32 Å². The maximum atomic E-state index is 10.8. The van der Waals surface area contributed by atoms with Crippen molar-refractivity contribution >= 4 is 29.4 Å². The summed E-state index contributed by atoms with van der Waals surface area (Å²) in [6.45, 7) is 1.91. The molecule has 1 amide bonds. The molecule has 0 aliphatic heterocycles. The Labute approximate surface area is 145 Å². The Balaban J connectivity index is 0.000000381. The first-order valence-corrected chi connectivity index (χ1v) is 7.05. The quantitative estimate of drug-likeness (QED) is 0.686. The summed E-state index contributed by atoms with van der Waals surface area (Å²) >= 11 is 5.95. The summed E-state index contributed by atoms with van der Waals surface area (Å²) in [6, 6.07) is 12.9. The normalized spacial score (nSPS) is 10.4. The molecule has 0 radical (unpaired) electrons. The minimum absolute atomic E-state index is 0.560. The van der Waals surface area contributed by atoms with Crippen LogP contribution in [-0.2, 0) is 4.79 Å². The number of nitrogens with one attached hydrogen (secondary N) is 1. The van der Waals surface area contributed by atoms with Crippen molar-refractivity contribution in [1.29, 1.82) is 0 Å². The number of amides is 1. The smallest absolute Gasteiger partial charge is 0.475 e. The summed E-state index contributed by atoms with van der Waals surface area (Å²) < 4.78 is 31.7. The van der Waals surface area contributed by atoms with Crippen LogP contribution < -0.4 is 5.32 Å². The van der Waals surface area contributed by atoms with Crippen LogP contribution in [0.1, 0.15) is 5.56 Å². The minimum atomic E-state index is -5.08. The summed E-state index contributed by atoms with van der Waals surface area (Å²) in [7, 11) is 0. The average Bonchev–Trinajstić information content (AvgIpc) is 2.46. The molecule has 0 unspecified atom stereocenters. The zero-order valence-electron chi connectivity index (χ0n) is 12.8. The molecule has 0 saturated carbocycles. The number of aliphatic carboxylic acids is 1. The lowest BCUT2D eigenvalue weighted by atomic mass is 10.0. The molecule has 0 aliphatic carbocycles. The Hall–Kier alpha value is -2.74. The number of alkyl halides is 3. The molecule has 3 N–H and O–H groups in total. The van der Waals surface area contributed by atoms with Crippen LogP contribution in [-0.4, -0.2) is 28.5 Å². The molecule has 5 nitrogen and oxygen atoms in total. The van der Waals surface area contributed by atoms with Crippen molar-refractivity contribution in [2.75, 3.05) is 5.32 Å². The maximum absolute atomic E-state index is 10.8. The Morgan fingerprint density at radius 3 is 2.16 bits per heavy atom. The predicted molar refractivity (Wildman–Crippen MR) is 87.0 cm³/mol. The Bertz CT molecular complexity index is 778. The van der Waals surface area contributed by atoms with Gasteiger partial charge in [0.1, 0.15) is 0 Å². The fraction of sp³-hybridized carbons (Fsp3) is 0.125. The van der Waals surface area contributed by atoms with Gasteiger partial charge in [-0.05, 0) is 36.2 Å². The fourth-order valence-corrected chi connectivity index (χ4v) is 1.97. The van der Waals surface area contributed by atoms with E-state index in [0.29, 0.717) is 10.7 Å². The summed E-state index contributed by atoms with van der Waals surface area (Å²) in [5, 5.41) is 19.0. The molecule has 0 aliphatic rings. The van der Waals surface area contributed by atoms with Gasteiger partial charge < -0.3 is 10.2 Å². The molecular formula is C16H13ClF3NO4. The van der Waals surface area contributed by atoms with Crippen LogP contribution in [0.5, 0.6) is 0 Å². The number of hydrogen-bond donors (Lipinski definition) is 3. The van der Waals surface area contributed by atoms with Crippen molar-refractivity contribution in [2.24, 2.45) is 0 Å². The van der Waals surface area contributed by atoms with Gasteiger partial charge in [0.05, 0.1) is 5.69 Å². The van der Waals surface area contributed by atoms with Crippen LogP contribution >= 0.6 is 11.6 Å². The molecule has 9 heteroatoms. The number of carbonyl (C=O) groups is 2. The van der Waals surface area contributed by atoms with Crippen molar-refractivity contribution in [3.05, 3.63) is 53.1 Å². The van der Waals surface area contributed by atoms with E-state index >= 15 is 0 Å². The summed E-state index contributed by atoms with van der Waals surface area (Å²) in [5.74, 6) is -2.76. The second-order valence-corrected chi connectivity index (χ2v) is 5.23. The van der Waals surface area contributed by atoms with Gasteiger partial charge in [0.2, 0.25) is 0 Å². The Morgan fingerprint density at radius 2 is 1.68 bits per heavy atom. The van der Waals surface area contributed by atoms with Gasteiger partial charge in [-0.2, -0.15) is 13.2 Å². The van der Waals surface area contributed by atoms with Crippen molar-refractivity contribution in [1.82, 2.24) is 0 Å².